The van der Waals surface area contributed by atoms with Gasteiger partial charge in [0.25, 0.3) is 0 Å². The average molecular weight is 348 g/mol. The summed E-state index contributed by atoms with van der Waals surface area (Å²) in [5.74, 6) is 0.287. The van der Waals surface area contributed by atoms with Crippen LogP contribution in [0.15, 0.2) is 18.5 Å². The fourth-order valence-corrected chi connectivity index (χ4v) is 2.49. The van der Waals surface area contributed by atoms with Gasteiger partial charge in [-0.3, -0.25) is 0 Å². The van der Waals surface area contributed by atoms with E-state index in [1.54, 1.807) is 6.20 Å². The maximum Gasteiger partial charge on any atom is 0.417 e. The predicted octanol–water partition coefficient (Wildman–Crippen LogP) is 3.99. The molecule has 0 saturated heterocycles. The molecule has 2 aromatic heterocycles. The number of aryl methyl sites for hydroxylation is 1. The molecule has 8 heteroatoms. The number of aliphatic hydroxyl groups excluding tert-OH is 1. The standard InChI is InChI=1S/C15H17ClF3N3O/c1-9(2)13-10(4-3-5-23)8-22(21-13)14-12(16)6-11(7-20-14)15(17,18)19/h6-9,23H,3-5H2,1-2H3. The number of rotatable bonds is 5. The SMILES string of the molecule is CC(C)c1nn(-c2ncc(C(F)(F)F)cc2Cl)cc1CCCO. The summed E-state index contributed by atoms with van der Waals surface area (Å²) in [4.78, 5) is 3.81. The second-order valence-corrected chi connectivity index (χ2v) is 5.90. The molecule has 0 fully saturated rings. The molecule has 2 rings (SSSR count). The van der Waals surface area contributed by atoms with Gasteiger partial charge in [-0.15, -0.1) is 0 Å². The lowest BCUT2D eigenvalue weighted by Gasteiger charge is -2.09. The van der Waals surface area contributed by atoms with Crippen LogP contribution in [0.5, 0.6) is 0 Å². The van der Waals surface area contributed by atoms with E-state index < -0.39 is 11.7 Å². The van der Waals surface area contributed by atoms with E-state index in [1.807, 2.05) is 13.8 Å². The topological polar surface area (TPSA) is 50.9 Å². The van der Waals surface area contributed by atoms with Gasteiger partial charge in [0.05, 0.1) is 16.3 Å². The van der Waals surface area contributed by atoms with E-state index in [-0.39, 0.29) is 23.4 Å². The molecule has 0 bridgehead atoms. The van der Waals surface area contributed by atoms with Crippen molar-refractivity contribution in [2.75, 3.05) is 6.61 Å². The largest absolute Gasteiger partial charge is 0.417 e. The van der Waals surface area contributed by atoms with E-state index in [1.165, 1.54) is 4.68 Å². The highest BCUT2D eigenvalue weighted by molar-refractivity contribution is 6.32. The van der Waals surface area contributed by atoms with E-state index >= 15 is 0 Å². The van der Waals surface area contributed by atoms with Crippen molar-refractivity contribution in [2.45, 2.75) is 38.8 Å². The van der Waals surface area contributed by atoms with Gasteiger partial charge in [-0.05, 0) is 30.4 Å². The monoisotopic (exact) mass is 347 g/mol. The molecular formula is C15H17ClF3N3O. The van der Waals surface area contributed by atoms with Gasteiger partial charge in [-0.25, -0.2) is 9.67 Å². The first-order valence-corrected chi connectivity index (χ1v) is 7.54. The molecule has 0 aliphatic rings. The summed E-state index contributed by atoms with van der Waals surface area (Å²) in [7, 11) is 0. The Morgan fingerprint density at radius 3 is 2.57 bits per heavy atom. The van der Waals surface area contributed by atoms with Gasteiger partial charge in [0.15, 0.2) is 5.82 Å². The molecule has 23 heavy (non-hydrogen) atoms. The van der Waals surface area contributed by atoms with Crippen LogP contribution < -0.4 is 0 Å². The van der Waals surface area contributed by atoms with Crippen molar-refractivity contribution in [3.63, 3.8) is 0 Å². The molecule has 1 N–H and O–H groups in total. The van der Waals surface area contributed by atoms with Gasteiger partial charge in [-0.1, -0.05) is 25.4 Å². The van der Waals surface area contributed by atoms with Gasteiger partial charge >= 0.3 is 6.18 Å². The summed E-state index contributed by atoms with van der Waals surface area (Å²) in [6.07, 6.45) is -0.839. The molecule has 0 unspecified atom stereocenters. The number of hydrogen-bond acceptors (Lipinski definition) is 3. The minimum absolute atomic E-state index is 0.0575. The molecular weight excluding hydrogens is 331 g/mol. The van der Waals surface area contributed by atoms with Crippen molar-refractivity contribution in [3.8, 4) is 5.82 Å². The fraction of sp³-hybridized carbons (Fsp3) is 0.467. The summed E-state index contributed by atoms with van der Waals surface area (Å²) in [5.41, 5.74) is 0.839. The molecule has 0 amide bonds. The molecule has 0 atom stereocenters. The third-order valence-electron chi connectivity index (χ3n) is 3.34. The lowest BCUT2D eigenvalue weighted by molar-refractivity contribution is -0.137. The van der Waals surface area contributed by atoms with Gasteiger partial charge in [0, 0.05) is 19.0 Å². The Bertz CT molecular complexity index is 683. The van der Waals surface area contributed by atoms with Crippen LogP contribution in [0.2, 0.25) is 5.02 Å². The Labute approximate surface area is 136 Å². The summed E-state index contributed by atoms with van der Waals surface area (Å²) in [6, 6.07) is 0.841. The first kappa shape index (κ1) is 17.7. The highest BCUT2D eigenvalue weighted by Crippen LogP contribution is 2.32. The van der Waals surface area contributed by atoms with E-state index in [2.05, 4.69) is 10.1 Å². The fourth-order valence-electron chi connectivity index (χ4n) is 2.23. The Hall–Kier alpha value is -1.60. The normalized spacial score (nSPS) is 12.2. The number of aliphatic hydroxyl groups is 1. The summed E-state index contributed by atoms with van der Waals surface area (Å²) in [5, 5.41) is 13.2. The summed E-state index contributed by atoms with van der Waals surface area (Å²) >= 11 is 5.95. The molecule has 0 aliphatic carbocycles. The minimum atomic E-state index is -4.49. The van der Waals surface area contributed by atoms with Crippen LogP contribution in [0.1, 0.15) is 43.0 Å². The third kappa shape index (κ3) is 4.03. The van der Waals surface area contributed by atoms with Crippen LogP contribution in [0.3, 0.4) is 0 Å². The van der Waals surface area contributed by atoms with Gasteiger partial charge < -0.3 is 5.11 Å². The summed E-state index contributed by atoms with van der Waals surface area (Å²) < 4.78 is 39.4. The highest BCUT2D eigenvalue weighted by atomic mass is 35.5. The molecule has 0 radical (unpaired) electrons. The van der Waals surface area contributed by atoms with Crippen molar-refractivity contribution in [3.05, 3.63) is 40.3 Å². The summed E-state index contributed by atoms with van der Waals surface area (Å²) in [6.45, 7) is 4.00. The first-order valence-electron chi connectivity index (χ1n) is 7.16. The maximum absolute atomic E-state index is 12.7. The highest BCUT2D eigenvalue weighted by Gasteiger charge is 2.31. The lowest BCUT2D eigenvalue weighted by Crippen LogP contribution is -2.08. The second-order valence-electron chi connectivity index (χ2n) is 5.49. The van der Waals surface area contributed by atoms with Crippen molar-refractivity contribution >= 4 is 11.6 Å². The number of pyridine rings is 1. The van der Waals surface area contributed by atoms with Crippen molar-refractivity contribution in [1.82, 2.24) is 14.8 Å². The number of halogens is 4. The van der Waals surface area contributed by atoms with Crippen LogP contribution in [0.25, 0.3) is 5.82 Å². The van der Waals surface area contributed by atoms with Crippen molar-refractivity contribution in [2.24, 2.45) is 0 Å². The molecule has 4 nitrogen and oxygen atoms in total. The van der Waals surface area contributed by atoms with Crippen LogP contribution >= 0.6 is 11.6 Å². The van der Waals surface area contributed by atoms with Gasteiger partial charge in [-0.2, -0.15) is 18.3 Å². The predicted molar refractivity (Wildman–Crippen MR) is 80.9 cm³/mol. The Balaban J connectivity index is 2.42. The maximum atomic E-state index is 12.7. The molecule has 126 valence electrons. The smallest absolute Gasteiger partial charge is 0.396 e. The molecule has 2 heterocycles. The van der Waals surface area contributed by atoms with Crippen LogP contribution in [0, 0.1) is 0 Å². The van der Waals surface area contributed by atoms with E-state index in [0.29, 0.717) is 12.8 Å². The van der Waals surface area contributed by atoms with E-state index in [9.17, 15) is 13.2 Å². The number of nitrogens with zero attached hydrogens (tertiary/aromatic N) is 3. The molecule has 0 spiro atoms. The quantitative estimate of drug-likeness (QED) is 0.889. The zero-order valence-electron chi connectivity index (χ0n) is 12.7. The number of alkyl halides is 3. The lowest BCUT2D eigenvalue weighted by atomic mass is 10.0. The van der Waals surface area contributed by atoms with E-state index in [0.717, 1.165) is 23.5 Å². The van der Waals surface area contributed by atoms with Crippen LogP contribution in [-0.4, -0.2) is 26.5 Å². The minimum Gasteiger partial charge on any atom is -0.396 e. The molecule has 0 aromatic carbocycles. The van der Waals surface area contributed by atoms with Gasteiger partial charge in [0.1, 0.15) is 0 Å². The van der Waals surface area contributed by atoms with Crippen molar-refractivity contribution in [1.29, 1.82) is 0 Å². The Morgan fingerprint density at radius 2 is 2.04 bits per heavy atom. The van der Waals surface area contributed by atoms with Crippen LogP contribution in [-0.2, 0) is 12.6 Å². The van der Waals surface area contributed by atoms with Crippen molar-refractivity contribution < 1.29 is 18.3 Å². The number of hydrogen-bond donors (Lipinski definition) is 1. The molecule has 0 aliphatic heterocycles. The molecule has 2 aromatic rings. The van der Waals surface area contributed by atoms with Crippen LogP contribution in [0.4, 0.5) is 13.2 Å². The second kappa shape index (κ2) is 6.88. The first-order chi connectivity index (χ1) is 10.7. The van der Waals surface area contributed by atoms with E-state index in [4.69, 9.17) is 16.7 Å². The third-order valence-corrected chi connectivity index (χ3v) is 3.62. The zero-order chi connectivity index (χ0) is 17.2. The number of aromatic nitrogens is 3. The zero-order valence-corrected chi connectivity index (χ0v) is 13.5. The Morgan fingerprint density at radius 1 is 1.35 bits per heavy atom. The average Bonchev–Trinajstić information content (AvgIpc) is 2.88. The Kier molecular flexibility index (Phi) is 5.31. The molecule has 0 saturated carbocycles. The van der Waals surface area contributed by atoms with Gasteiger partial charge in [0.2, 0.25) is 0 Å².